The summed E-state index contributed by atoms with van der Waals surface area (Å²) in [5.41, 5.74) is 0. The molecule has 1 aromatic rings. The Labute approximate surface area is 116 Å². The van der Waals surface area contributed by atoms with Crippen molar-refractivity contribution in [2.75, 3.05) is 38.3 Å². The summed E-state index contributed by atoms with van der Waals surface area (Å²) < 4.78 is 36.0. The van der Waals surface area contributed by atoms with Gasteiger partial charge in [-0.3, -0.25) is 0 Å². The Morgan fingerprint density at radius 1 is 1.45 bits per heavy atom. The van der Waals surface area contributed by atoms with Crippen LogP contribution in [0.25, 0.3) is 0 Å². The largest absolute Gasteiger partial charge is 0.383 e. The summed E-state index contributed by atoms with van der Waals surface area (Å²) in [7, 11) is 1.67. The molecule has 1 aliphatic heterocycles. The first kappa shape index (κ1) is 15.1. The Morgan fingerprint density at radius 3 is 2.70 bits per heavy atom. The lowest BCUT2D eigenvalue weighted by atomic mass is 10.1. The van der Waals surface area contributed by atoms with Crippen molar-refractivity contribution < 1.29 is 18.0 Å². The molecule has 0 aromatic carbocycles. The van der Waals surface area contributed by atoms with Gasteiger partial charge in [0.05, 0.1) is 6.61 Å². The van der Waals surface area contributed by atoms with Gasteiger partial charge in [0.1, 0.15) is 0 Å². The van der Waals surface area contributed by atoms with Crippen molar-refractivity contribution >= 4 is 6.01 Å². The molecule has 1 N–H and O–H groups in total. The Balaban J connectivity index is 1.83. The van der Waals surface area contributed by atoms with Crippen molar-refractivity contribution in [1.82, 2.24) is 15.5 Å². The van der Waals surface area contributed by atoms with E-state index < -0.39 is 11.7 Å². The highest BCUT2D eigenvalue weighted by Gasteiger charge is 2.32. The van der Waals surface area contributed by atoms with Crippen LogP contribution in [0.3, 0.4) is 0 Å². The number of anilines is 1. The lowest BCUT2D eigenvalue weighted by Gasteiger charge is -2.31. The summed E-state index contributed by atoms with van der Waals surface area (Å²) in [6, 6.07) is 0.591. The van der Waals surface area contributed by atoms with Gasteiger partial charge < -0.3 is 19.5 Å². The minimum absolute atomic E-state index is 0.178. The molecule has 0 saturated carbocycles. The maximum Gasteiger partial charge on any atom is 0.324 e. The topological polar surface area (TPSA) is 63.4 Å². The molecule has 2 rings (SSSR count). The first-order chi connectivity index (χ1) is 9.50. The zero-order valence-electron chi connectivity index (χ0n) is 11.7. The second-order valence-electron chi connectivity index (χ2n) is 5.00. The molecule has 2 heterocycles. The van der Waals surface area contributed by atoms with Crippen LogP contribution in [0, 0.1) is 0 Å². The van der Waals surface area contributed by atoms with Crippen LogP contribution in [0.1, 0.15) is 25.6 Å². The van der Waals surface area contributed by atoms with Crippen molar-refractivity contribution in [3.63, 3.8) is 0 Å². The number of alkyl halides is 2. The smallest absolute Gasteiger partial charge is 0.324 e. The van der Waals surface area contributed by atoms with Crippen LogP contribution in [-0.2, 0) is 10.7 Å². The van der Waals surface area contributed by atoms with Crippen LogP contribution in [0.2, 0.25) is 0 Å². The van der Waals surface area contributed by atoms with E-state index in [4.69, 9.17) is 9.26 Å². The number of halogens is 2. The van der Waals surface area contributed by atoms with E-state index in [9.17, 15) is 8.78 Å². The van der Waals surface area contributed by atoms with Gasteiger partial charge in [-0.2, -0.15) is 13.8 Å². The number of hydrogen-bond donors (Lipinski definition) is 1. The zero-order valence-corrected chi connectivity index (χ0v) is 11.7. The molecule has 1 aromatic heterocycles. The van der Waals surface area contributed by atoms with Gasteiger partial charge in [-0.05, 0) is 12.8 Å². The predicted molar refractivity (Wildman–Crippen MR) is 69.0 cm³/mol. The van der Waals surface area contributed by atoms with Gasteiger partial charge >= 0.3 is 11.9 Å². The minimum atomic E-state index is -3.07. The molecule has 0 atom stereocenters. The maximum absolute atomic E-state index is 13.0. The van der Waals surface area contributed by atoms with Gasteiger partial charge in [0.2, 0.25) is 5.82 Å². The first-order valence-corrected chi connectivity index (χ1v) is 6.70. The van der Waals surface area contributed by atoms with Gasteiger partial charge in [-0.15, -0.1) is 0 Å². The molecule has 20 heavy (non-hydrogen) atoms. The molecule has 6 nitrogen and oxygen atoms in total. The summed E-state index contributed by atoms with van der Waals surface area (Å²) in [6.07, 6.45) is 1.81. The molecule has 114 valence electrons. The minimum Gasteiger partial charge on any atom is -0.383 e. The van der Waals surface area contributed by atoms with Gasteiger partial charge in [0, 0.05) is 39.7 Å². The van der Waals surface area contributed by atoms with Crippen molar-refractivity contribution in [2.45, 2.75) is 31.7 Å². The van der Waals surface area contributed by atoms with E-state index >= 15 is 0 Å². The van der Waals surface area contributed by atoms with E-state index in [0.29, 0.717) is 25.7 Å². The fraction of sp³-hybridized carbons (Fsp3) is 0.833. The highest BCUT2D eigenvalue weighted by Crippen LogP contribution is 2.26. The molecule has 0 spiro atoms. The van der Waals surface area contributed by atoms with Gasteiger partial charge in [-0.1, -0.05) is 5.16 Å². The van der Waals surface area contributed by atoms with Crippen molar-refractivity contribution in [3.05, 3.63) is 5.82 Å². The van der Waals surface area contributed by atoms with Crippen molar-refractivity contribution in [3.8, 4) is 0 Å². The Morgan fingerprint density at radius 2 is 2.15 bits per heavy atom. The predicted octanol–water partition coefficient (Wildman–Crippen LogP) is 1.39. The molecule has 0 radical (unpaired) electrons. The Kier molecular flexibility index (Phi) is 4.87. The second kappa shape index (κ2) is 6.45. The quantitative estimate of drug-likeness (QED) is 0.799. The summed E-state index contributed by atoms with van der Waals surface area (Å²) in [6.45, 7) is 3.67. The summed E-state index contributed by atoms with van der Waals surface area (Å²) >= 11 is 0. The standard InChI is InChI=1S/C12H20F2N4O2/c1-12(13,14)10-16-11(20-17-10)18-6-3-9(4-7-18)15-5-8-19-2/h9,15H,3-8H2,1-2H3. The normalized spacial score (nSPS) is 17.7. The summed E-state index contributed by atoms with van der Waals surface area (Å²) in [4.78, 5) is 5.61. The highest BCUT2D eigenvalue weighted by molar-refractivity contribution is 5.26. The van der Waals surface area contributed by atoms with Gasteiger partial charge in [0.15, 0.2) is 0 Å². The molecule has 0 unspecified atom stereocenters. The molecular formula is C12H20F2N4O2. The number of aromatic nitrogens is 2. The Hall–Kier alpha value is -1.28. The highest BCUT2D eigenvalue weighted by atomic mass is 19.3. The lowest BCUT2D eigenvalue weighted by molar-refractivity contribution is 0.00559. The SMILES string of the molecule is COCCNC1CCN(c2nc(C(C)(F)F)no2)CC1. The number of nitrogens with zero attached hydrogens (tertiary/aromatic N) is 3. The van der Waals surface area contributed by atoms with E-state index in [1.807, 2.05) is 4.90 Å². The van der Waals surface area contributed by atoms with E-state index in [1.165, 1.54) is 0 Å². The molecular weight excluding hydrogens is 270 g/mol. The van der Waals surface area contributed by atoms with Gasteiger partial charge in [-0.25, -0.2) is 0 Å². The fourth-order valence-corrected chi connectivity index (χ4v) is 2.16. The van der Waals surface area contributed by atoms with Crippen LogP contribution in [0.4, 0.5) is 14.8 Å². The third kappa shape index (κ3) is 3.86. The average Bonchev–Trinajstić information content (AvgIpc) is 2.89. The monoisotopic (exact) mass is 290 g/mol. The van der Waals surface area contributed by atoms with Crippen LogP contribution < -0.4 is 10.2 Å². The molecule has 8 heteroatoms. The third-order valence-electron chi connectivity index (χ3n) is 3.31. The van der Waals surface area contributed by atoms with Crippen LogP contribution >= 0.6 is 0 Å². The van der Waals surface area contributed by atoms with E-state index in [1.54, 1.807) is 7.11 Å². The summed E-state index contributed by atoms with van der Waals surface area (Å²) in [5, 5.41) is 6.72. The van der Waals surface area contributed by atoms with E-state index in [0.717, 1.165) is 26.3 Å². The number of nitrogens with one attached hydrogen (secondary N) is 1. The molecule has 0 amide bonds. The molecule has 1 fully saturated rings. The molecule has 1 saturated heterocycles. The fourth-order valence-electron chi connectivity index (χ4n) is 2.16. The number of piperidine rings is 1. The second-order valence-corrected chi connectivity index (χ2v) is 5.00. The van der Waals surface area contributed by atoms with Crippen LogP contribution in [0.15, 0.2) is 4.52 Å². The number of ether oxygens (including phenoxy) is 1. The number of methoxy groups -OCH3 is 1. The zero-order chi connectivity index (χ0) is 14.6. The van der Waals surface area contributed by atoms with Crippen molar-refractivity contribution in [2.24, 2.45) is 0 Å². The van der Waals surface area contributed by atoms with Crippen LogP contribution in [-0.4, -0.2) is 49.5 Å². The molecule has 0 bridgehead atoms. The van der Waals surface area contributed by atoms with Crippen LogP contribution in [0.5, 0.6) is 0 Å². The number of rotatable bonds is 6. The number of hydrogen-bond acceptors (Lipinski definition) is 6. The third-order valence-corrected chi connectivity index (χ3v) is 3.31. The van der Waals surface area contributed by atoms with E-state index in [-0.39, 0.29) is 6.01 Å². The maximum atomic E-state index is 13.0. The first-order valence-electron chi connectivity index (χ1n) is 6.70. The summed E-state index contributed by atoms with van der Waals surface area (Å²) in [5.74, 6) is -3.63. The Bertz CT molecular complexity index is 414. The average molecular weight is 290 g/mol. The van der Waals surface area contributed by atoms with Gasteiger partial charge in [0.25, 0.3) is 0 Å². The van der Waals surface area contributed by atoms with Crippen molar-refractivity contribution in [1.29, 1.82) is 0 Å². The van der Waals surface area contributed by atoms with E-state index in [2.05, 4.69) is 15.5 Å². The lowest BCUT2D eigenvalue weighted by Crippen LogP contribution is -2.43. The molecule has 1 aliphatic rings. The molecule has 0 aliphatic carbocycles.